The highest BCUT2D eigenvalue weighted by molar-refractivity contribution is 5.48. The lowest BCUT2D eigenvalue weighted by molar-refractivity contribution is 0.500. The second kappa shape index (κ2) is 4.88. The van der Waals surface area contributed by atoms with Crippen molar-refractivity contribution in [2.45, 2.75) is 40.2 Å². The average Bonchev–Trinajstić information content (AvgIpc) is 2.81. The normalized spacial score (nSPS) is 12.7. The van der Waals surface area contributed by atoms with Gasteiger partial charge in [0.1, 0.15) is 11.5 Å². The second-order valence-electron chi connectivity index (χ2n) is 4.75. The van der Waals surface area contributed by atoms with Gasteiger partial charge in [0.2, 0.25) is 0 Å². The molecule has 4 nitrogen and oxygen atoms in total. The molecule has 0 bridgehead atoms. The van der Waals surface area contributed by atoms with E-state index >= 15 is 0 Å². The Bertz CT molecular complexity index is 539. The number of nitrogens with one attached hydrogen (secondary N) is 1. The molecular weight excluding hydrogens is 226 g/mol. The van der Waals surface area contributed by atoms with E-state index in [4.69, 9.17) is 4.42 Å². The highest BCUT2D eigenvalue weighted by Crippen LogP contribution is 2.26. The quantitative estimate of drug-likeness (QED) is 0.900. The standard InChI is InChI=1S/C14H21N3O/c1-6-13-14(8-17(5)16-13)15-10(3)12-7-9(2)18-11(12)4/h7-8,10,15H,6H2,1-5H3. The number of hydrogen-bond acceptors (Lipinski definition) is 3. The lowest BCUT2D eigenvalue weighted by Crippen LogP contribution is -2.07. The molecule has 0 amide bonds. The van der Waals surface area contributed by atoms with Crippen molar-refractivity contribution in [2.24, 2.45) is 7.05 Å². The molecule has 0 aliphatic carbocycles. The number of rotatable bonds is 4. The van der Waals surface area contributed by atoms with Crippen LogP contribution in [0.3, 0.4) is 0 Å². The average molecular weight is 247 g/mol. The van der Waals surface area contributed by atoms with Crippen LogP contribution in [0, 0.1) is 13.8 Å². The molecule has 4 heteroatoms. The monoisotopic (exact) mass is 247 g/mol. The first kappa shape index (κ1) is 12.7. The van der Waals surface area contributed by atoms with Crippen LogP contribution < -0.4 is 5.32 Å². The van der Waals surface area contributed by atoms with Gasteiger partial charge in [0, 0.05) is 18.8 Å². The van der Waals surface area contributed by atoms with Gasteiger partial charge < -0.3 is 9.73 Å². The van der Waals surface area contributed by atoms with E-state index in [2.05, 4.69) is 30.3 Å². The van der Waals surface area contributed by atoms with Crippen molar-refractivity contribution >= 4 is 5.69 Å². The summed E-state index contributed by atoms with van der Waals surface area (Å²) in [6, 6.07) is 2.31. The maximum absolute atomic E-state index is 5.57. The fourth-order valence-corrected chi connectivity index (χ4v) is 2.31. The molecule has 0 radical (unpaired) electrons. The molecule has 0 fully saturated rings. The molecule has 2 aromatic rings. The van der Waals surface area contributed by atoms with Crippen molar-refractivity contribution < 1.29 is 4.42 Å². The molecule has 1 unspecified atom stereocenters. The van der Waals surface area contributed by atoms with Gasteiger partial charge in [0.05, 0.1) is 17.4 Å². The van der Waals surface area contributed by atoms with Crippen molar-refractivity contribution in [3.63, 3.8) is 0 Å². The number of aryl methyl sites for hydroxylation is 4. The first-order valence-electron chi connectivity index (χ1n) is 6.37. The van der Waals surface area contributed by atoms with Crippen LogP contribution in [0.5, 0.6) is 0 Å². The Labute approximate surface area is 108 Å². The topological polar surface area (TPSA) is 43.0 Å². The zero-order chi connectivity index (χ0) is 13.3. The third-order valence-electron chi connectivity index (χ3n) is 3.16. The summed E-state index contributed by atoms with van der Waals surface area (Å²) in [6.45, 7) is 8.24. The Morgan fingerprint density at radius 3 is 2.72 bits per heavy atom. The van der Waals surface area contributed by atoms with E-state index in [0.29, 0.717) is 0 Å². The zero-order valence-electron chi connectivity index (χ0n) is 11.7. The SMILES string of the molecule is CCc1nn(C)cc1NC(C)c1cc(C)oc1C. The molecule has 2 heterocycles. The summed E-state index contributed by atoms with van der Waals surface area (Å²) in [6.07, 6.45) is 2.96. The van der Waals surface area contributed by atoms with Gasteiger partial charge in [0.15, 0.2) is 0 Å². The second-order valence-corrected chi connectivity index (χ2v) is 4.75. The number of aromatic nitrogens is 2. The minimum Gasteiger partial charge on any atom is -0.466 e. The number of anilines is 1. The smallest absolute Gasteiger partial charge is 0.106 e. The molecule has 2 aromatic heterocycles. The van der Waals surface area contributed by atoms with Gasteiger partial charge in [0.25, 0.3) is 0 Å². The fraction of sp³-hybridized carbons (Fsp3) is 0.500. The van der Waals surface area contributed by atoms with E-state index in [-0.39, 0.29) is 6.04 Å². The van der Waals surface area contributed by atoms with Gasteiger partial charge in [-0.25, -0.2) is 0 Å². The van der Waals surface area contributed by atoms with Crippen LogP contribution in [0.2, 0.25) is 0 Å². The maximum Gasteiger partial charge on any atom is 0.106 e. The summed E-state index contributed by atoms with van der Waals surface area (Å²) in [5.74, 6) is 1.94. The van der Waals surface area contributed by atoms with Crippen LogP contribution in [-0.4, -0.2) is 9.78 Å². The summed E-state index contributed by atoms with van der Waals surface area (Å²) in [5, 5.41) is 7.94. The summed E-state index contributed by atoms with van der Waals surface area (Å²) in [5.41, 5.74) is 3.41. The van der Waals surface area contributed by atoms with E-state index < -0.39 is 0 Å². The Hall–Kier alpha value is -1.71. The zero-order valence-corrected chi connectivity index (χ0v) is 11.7. The third-order valence-corrected chi connectivity index (χ3v) is 3.16. The summed E-state index contributed by atoms with van der Waals surface area (Å²) in [4.78, 5) is 0. The van der Waals surface area contributed by atoms with Crippen molar-refractivity contribution in [3.8, 4) is 0 Å². The van der Waals surface area contributed by atoms with Gasteiger partial charge in [-0.1, -0.05) is 6.92 Å². The molecule has 1 N–H and O–H groups in total. The Morgan fingerprint density at radius 1 is 1.44 bits per heavy atom. The van der Waals surface area contributed by atoms with Crippen molar-refractivity contribution in [1.82, 2.24) is 9.78 Å². The Kier molecular flexibility index (Phi) is 3.45. The predicted molar refractivity (Wildman–Crippen MR) is 72.8 cm³/mol. The molecule has 1 atom stereocenters. The molecule has 0 aromatic carbocycles. The molecule has 0 saturated heterocycles. The van der Waals surface area contributed by atoms with Crippen molar-refractivity contribution in [3.05, 3.63) is 35.0 Å². The Balaban J connectivity index is 2.20. The van der Waals surface area contributed by atoms with Crippen LogP contribution in [0.1, 0.15) is 42.7 Å². The molecule has 18 heavy (non-hydrogen) atoms. The van der Waals surface area contributed by atoms with E-state index in [1.54, 1.807) is 0 Å². The number of furan rings is 1. The fourth-order valence-electron chi connectivity index (χ4n) is 2.31. The summed E-state index contributed by atoms with van der Waals surface area (Å²) < 4.78 is 7.42. The van der Waals surface area contributed by atoms with Gasteiger partial charge in [-0.05, 0) is 33.3 Å². The van der Waals surface area contributed by atoms with Crippen LogP contribution in [0.25, 0.3) is 0 Å². The van der Waals surface area contributed by atoms with Crippen LogP contribution >= 0.6 is 0 Å². The van der Waals surface area contributed by atoms with Gasteiger partial charge in [-0.15, -0.1) is 0 Å². The number of hydrogen-bond donors (Lipinski definition) is 1. The molecule has 2 rings (SSSR count). The first-order chi connectivity index (χ1) is 8.51. The first-order valence-corrected chi connectivity index (χ1v) is 6.37. The largest absolute Gasteiger partial charge is 0.466 e. The van der Waals surface area contributed by atoms with Crippen molar-refractivity contribution in [1.29, 1.82) is 0 Å². The van der Waals surface area contributed by atoms with Crippen LogP contribution in [-0.2, 0) is 13.5 Å². The third kappa shape index (κ3) is 2.42. The van der Waals surface area contributed by atoms with Crippen LogP contribution in [0.15, 0.2) is 16.7 Å². The maximum atomic E-state index is 5.57. The number of nitrogens with zero attached hydrogens (tertiary/aromatic N) is 2. The highest BCUT2D eigenvalue weighted by atomic mass is 16.3. The minimum absolute atomic E-state index is 0.219. The molecular formula is C14H21N3O. The lowest BCUT2D eigenvalue weighted by atomic mass is 10.1. The molecule has 0 saturated carbocycles. The summed E-state index contributed by atoms with van der Waals surface area (Å²) in [7, 11) is 1.95. The van der Waals surface area contributed by atoms with E-state index in [1.807, 2.05) is 31.8 Å². The molecule has 0 spiro atoms. The van der Waals surface area contributed by atoms with Crippen molar-refractivity contribution in [2.75, 3.05) is 5.32 Å². The minimum atomic E-state index is 0.219. The predicted octanol–water partition coefficient (Wildman–Crippen LogP) is 3.37. The highest BCUT2D eigenvalue weighted by Gasteiger charge is 2.15. The van der Waals surface area contributed by atoms with E-state index in [9.17, 15) is 0 Å². The van der Waals surface area contributed by atoms with Gasteiger partial charge in [-0.3, -0.25) is 4.68 Å². The van der Waals surface area contributed by atoms with Gasteiger partial charge in [-0.2, -0.15) is 5.10 Å². The van der Waals surface area contributed by atoms with E-state index in [1.165, 1.54) is 5.56 Å². The summed E-state index contributed by atoms with van der Waals surface area (Å²) >= 11 is 0. The molecule has 0 aliphatic heterocycles. The molecule has 98 valence electrons. The van der Waals surface area contributed by atoms with Crippen LogP contribution in [0.4, 0.5) is 5.69 Å². The van der Waals surface area contributed by atoms with E-state index in [0.717, 1.165) is 29.3 Å². The van der Waals surface area contributed by atoms with Gasteiger partial charge >= 0.3 is 0 Å². The Morgan fingerprint density at radius 2 is 2.17 bits per heavy atom. The lowest BCUT2D eigenvalue weighted by Gasteiger charge is -2.14. The molecule has 0 aliphatic rings.